The van der Waals surface area contributed by atoms with Gasteiger partial charge in [-0.05, 0) is 96.8 Å². The molecule has 0 saturated carbocycles. The summed E-state index contributed by atoms with van der Waals surface area (Å²) in [5.41, 5.74) is 1.41. The van der Waals surface area contributed by atoms with Gasteiger partial charge in [0.2, 0.25) is 0 Å². The molecule has 0 amide bonds. The minimum atomic E-state index is -0.975. The maximum Gasteiger partial charge on any atom is 0.338 e. The number of carboxylic acid groups (broad SMARTS) is 1. The van der Waals surface area contributed by atoms with Gasteiger partial charge >= 0.3 is 11.9 Å². The number of piperidine rings is 2. The van der Waals surface area contributed by atoms with Gasteiger partial charge in [-0.1, -0.05) is 13.8 Å². The fourth-order valence-corrected chi connectivity index (χ4v) is 5.35. The van der Waals surface area contributed by atoms with Crippen LogP contribution >= 0.6 is 0 Å². The molecule has 2 saturated heterocycles. The molecule has 32 heavy (non-hydrogen) atoms. The number of likely N-dealkylation sites (tertiary alicyclic amines) is 2. The quantitative estimate of drug-likeness (QED) is 0.690. The van der Waals surface area contributed by atoms with Gasteiger partial charge in [-0.15, -0.1) is 0 Å². The van der Waals surface area contributed by atoms with Crippen molar-refractivity contribution in [2.45, 2.75) is 77.5 Å². The number of carbonyl (C=O) groups excluding carboxylic acids is 1. The van der Waals surface area contributed by atoms with E-state index in [1.807, 2.05) is 0 Å². The van der Waals surface area contributed by atoms with E-state index in [2.05, 4.69) is 65.4 Å². The summed E-state index contributed by atoms with van der Waals surface area (Å²) in [6.07, 6.45) is 1.52. The summed E-state index contributed by atoms with van der Waals surface area (Å²) >= 11 is 0. The molecule has 2 fully saturated rings. The molecule has 4 unspecified atom stereocenters. The molecule has 4 atom stereocenters. The Bertz CT molecular complexity index is 879. The van der Waals surface area contributed by atoms with Crippen LogP contribution in [-0.4, -0.2) is 71.2 Å². The number of hydrogen-bond donors (Lipinski definition) is 1. The summed E-state index contributed by atoms with van der Waals surface area (Å²) < 4.78 is 6.09. The standard InChI is InChI=1S/C26H40N2O4/c1-16-19(11-13-27(7)25(16,3)4)21-15-18(23(29)30)9-10-20(21)24(31)32-22-12-14-28(8)26(5,6)17(22)2/h9-10,15-17,19,22H,11-14H2,1-8H3,(H,29,30). The number of carbonyl (C=O) groups is 2. The molecule has 0 radical (unpaired) electrons. The molecule has 6 nitrogen and oxygen atoms in total. The van der Waals surface area contributed by atoms with Crippen LogP contribution in [0.15, 0.2) is 18.2 Å². The van der Waals surface area contributed by atoms with E-state index in [0.29, 0.717) is 5.56 Å². The largest absolute Gasteiger partial charge is 0.478 e. The molecular formula is C26H40N2O4. The van der Waals surface area contributed by atoms with Crippen molar-refractivity contribution < 1.29 is 19.4 Å². The first-order valence-corrected chi connectivity index (χ1v) is 11.8. The summed E-state index contributed by atoms with van der Waals surface area (Å²) in [4.78, 5) is 29.8. The van der Waals surface area contributed by atoms with Crippen LogP contribution in [-0.2, 0) is 4.74 Å². The van der Waals surface area contributed by atoms with E-state index in [1.54, 1.807) is 12.1 Å². The number of rotatable bonds is 4. The molecule has 2 aliphatic heterocycles. The van der Waals surface area contributed by atoms with Crippen LogP contribution in [0.4, 0.5) is 0 Å². The predicted octanol–water partition coefficient (Wildman–Crippen LogP) is 4.49. The number of hydrogen-bond acceptors (Lipinski definition) is 5. The first-order valence-electron chi connectivity index (χ1n) is 11.8. The molecule has 0 spiro atoms. The van der Waals surface area contributed by atoms with Crippen molar-refractivity contribution in [1.82, 2.24) is 9.80 Å². The molecule has 178 valence electrons. The Labute approximate surface area is 192 Å². The minimum Gasteiger partial charge on any atom is -0.478 e. The lowest BCUT2D eigenvalue weighted by molar-refractivity contribution is -0.0566. The van der Waals surface area contributed by atoms with E-state index in [0.717, 1.165) is 31.5 Å². The lowest BCUT2D eigenvalue weighted by Gasteiger charge is -2.49. The Kier molecular flexibility index (Phi) is 6.79. The summed E-state index contributed by atoms with van der Waals surface area (Å²) in [6, 6.07) is 4.88. The maximum atomic E-state index is 13.4. The Morgan fingerprint density at radius 1 is 0.969 bits per heavy atom. The van der Waals surface area contributed by atoms with E-state index in [-0.39, 0.29) is 46.5 Å². The zero-order valence-electron chi connectivity index (χ0n) is 20.9. The molecule has 0 bridgehead atoms. The van der Waals surface area contributed by atoms with Crippen LogP contribution < -0.4 is 0 Å². The molecule has 2 aliphatic rings. The number of ether oxygens (including phenoxy) is 1. The van der Waals surface area contributed by atoms with Gasteiger partial charge in [-0.25, -0.2) is 9.59 Å². The number of benzene rings is 1. The van der Waals surface area contributed by atoms with Crippen molar-refractivity contribution in [2.24, 2.45) is 11.8 Å². The van der Waals surface area contributed by atoms with Crippen LogP contribution in [0.5, 0.6) is 0 Å². The average molecular weight is 445 g/mol. The summed E-state index contributed by atoms with van der Waals surface area (Å²) in [5, 5.41) is 9.60. The Morgan fingerprint density at radius 3 is 2.12 bits per heavy atom. The first-order chi connectivity index (χ1) is 14.8. The average Bonchev–Trinajstić information content (AvgIpc) is 2.73. The topological polar surface area (TPSA) is 70.1 Å². The fraction of sp³-hybridized carbons (Fsp3) is 0.692. The van der Waals surface area contributed by atoms with Crippen molar-refractivity contribution in [3.63, 3.8) is 0 Å². The van der Waals surface area contributed by atoms with Crippen molar-refractivity contribution in [3.05, 3.63) is 34.9 Å². The molecule has 0 aliphatic carbocycles. The smallest absolute Gasteiger partial charge is 0.338 e. The molecular weight excluding hydrogens is 404 g/mol. The molecule has 1 N–H and O–H groups in total. The van der Waals surface area contributed by atoms with Crippen molar-refractivity contribution in [3.8, 4) is 0 Å². The third-order valence-electron chi connectivity index (χ3n) is 9.06. The predicted molar refractivity (Wildman–Crippen MR) is 126 cm³/mol. The van der Waals surface area contributed by atoms with Crippen molar-refractivity contribution in [2.75, 3.05) is 27.2 Å². The van der Waals surface area contributed by atoms with Crippen molar-refractivity contribution in [1.29, 1.82) is 0 Å². The number of carboxylic acids is 1. The molecule has 1 aromatic carbocycles. The van der Waals surface area contributed by atoms with E-state index in [9.17, 15) is 14.7 Å². The Morgan fingerprint density at radius 2 is 1.53 bits per heavy atom. The second-order valence-corrected chi connectivity index (χ2v) is 11.0. The highest BCUT2D eigenvalue weighted by Gasteiger charge is 2.43. The monoisotopic (exact) mass is 444 g/mol. The van der Waals surface area contributed by atoms with Gasteiger partial charge in [0.1, 0.15) is 6.10 Å². The highest BCUT2D eigenvalue weighted by atomic mass is 16.5. The number of nitrogens with zero attached hydrogens (tertiary/aromatic N) is 2. The normalized spacial score (nSPS) is 30.6. The van der Waals surface area contributed by atoms with Gasteiger partial charge in [0, 0.05) is 23.5 Å². The van der Waals surface area contributed by atoms with Gasteiger partial charge < -0.3 is 19.6 Å². The van der Waals surface area contributed by atoms with E-state index >= 15 is 0 Å². The second kappa shape index (κ2) is 8.79. The molecule has 3 rings (SSSR count). The van der Waals surface area contributed by atoms with Crippen LogP contribution in [0.3, 0.4) is 0 Å². The third-order valence-corrected chi connectivity index (χ3v) is 9.06. The second-order valence-electron chi connectivity index (χ2n) is 11.0. The van der Waals surface area contributed by atoms with Crippen LogP contribution in [0, 0.1) is 11.8 Å². The fourth-order valence-electron chi connectivity index (χ4n) is 5.35. The Hall–Kier alpha value is -1.92. The lowest BCUT2D eigenvalue weighted by Crippen LogP contribution is -2.56. The van der Waals surface area contributed by atoms with Crippen molar-refractivity contribution >= 4 is 11.9 Å². The van der Waals surface area contributed by atoms with E-state index < -0.39 is 5.97 Å². The van der Waals surface area contributed by atoms with Crippen LogP contribution in [0.25, 0.3) is 0 Å². The summed E-state index contributed by atoms with van der Waals surface area (Å²) in [6.45, 7) is 14.9. The highest BCUT2D eigenvalue weighted by Crippen LogP contribution is 2.43. The van der Waals surface area contributed by atoms with Crippen LogP contribution in [0.1, 0.15) is 86.6 Å². The maximum absolute atomic E-state index is 13.4. The summed E-state index contributed by atoms with van der Waals surface area (Å²) in [5.74, 6) is -0.782. The van der Waals surface area contributed by atoms with E-state index in [4.69, 9.17) is 4.74 Å². The van der Waals surface area contributed by atoms with Gasteiger partial charge in [-0.2, -0.15) is 0 Å². The molecule has 2 heterocycles. The number of aromatic carboxylic acids is 1. The van der Waals surface area contributed by atoms with E-state index in [1.165, 1.54) is 6.07 Å². The highest BCUT2D eigenvalue weighted by molar-refractivity contribution is 5.94. The minimum absolute atomic E-state index is 0.0597. The zero-order valence-corrected chi connectivity index (χ0v) is 20.9. The van der Waals surface area contributed by atoms with Gasteiger partial charge in [0.05, 0.1) is 11.1 Å². The molecule has 1 aromatic rings. The molecule has 6 heteroatoms. The first kappa shape index (κ1) is 24.7. The molecule has 0 aromatic heterocycles. The lowest BCUT2D eigenvalue weighted by atomic mass is 9.69. The van der Waals surface area contributed by atoms with Crippen LogP contribution in [0.2, 0.25) is 0 Å². The van der Waals surface area contributed by atoms with Gasteiger partial charge in [-0.3, -0.25) is 0 Å². The zero-order chi connectivity index (χ0) is 24.0. The van der Waals surface area contributed by atoms with Gasteiger partial charge in [0.25, 0.3) is 0 Å². The van der Waals surface area contributed by atoms with Gasteiger partial charge in [0.15, 0.2) is 0 Å². The summed E-state index contributed by atoms with van der Waals surface area (Å²) in [7, 11) is 4.24. The number of esters is 1. The SMILES string of the molecule is CC1C(OC(=O)c2ccc(C(=O)O)cc2C2CCN(C)C(C)(C)C2C)CCN(C)C1(C)C. The Balaban J connectivity index is 1.95. The third kappa shape index (κ3) is 4.32.